The Morgan fingerprint density at radius 3 is 2.91 bits per heavy atom. The maximum absolute atomic E-state index is 12.4. The first-order valence-corrected chi connectivity index (χ1v) is 7.78. The molecule has 1 N–H and O–H groups in total. The van der Waals surface area contributed by atoms with Crippen LogP contribution in [-0.4, -0.2) is 50.2 Å². The van der Waals surface area contributed by atoms with Gasteiger partial charge in [0.15, 0.2) is 0 Å². The molecule has 1 aliphatic rings. The summed E-state index contributed by atoms with van der Waals surface area (Å²) in [7, 11) is 1.86. The molecular weight excluding hydrogens is 276 g/mol. The maximum atomic E-state index is 12.4. The highest BCUT2D eigenvalue weighted by Crippen LogP contribution is 2.19. The van der Waals surface area contributed by atoms with Crippen LogP contribution in [0, 0.1) is 0 Å². The second-order valence-electron chi connectivity index (χ2n) is 5.73. The highest BCUT2D eigenvalue weighted by atomic mass is 16.5. The van der Waals surface area contributed by atoms with Gasteiger partial charge in [-0.3, -0.25) is 4.79 Å². The summed E-state index contributed by atoms with van der Waals surface area (Å²) in [4.78, 5) is 14.2. The summed E-state index contributed by atoms with van der Waals surface area (Å²) < 4.78 is 5.36. The Morgan fingerprint density at radius 1 is 1.27 bits per heavy atom. The number of carbonyl (C=O) groups is 1. The van der Waals surface area contributed by atoms with Crippen molar-refractivity contribution in [1.29, 1.82) is 0 Å². The first-order chi connectivity index (χ1) is 10.8. The standard InChI is InChI=1S/C18H22N2O2/c1-20(18(21)17-13-22-12-10-19-17)11-9-15-7-4-6-14-5-2-3-8-16(14)15/h2-8,17,19H,9-13H2,1H3. The van der Waals surface area contributed by atoms with E-state index in [1.54, 1.807) is 4.90 Å². The van der Waals surface area contributed by atoms with E-state index < -0.39 is 0 Å². The molecule has 1 heterocycles. The van der Waals surface area contributed by atoms with Crippen molar-refractivity contribution >= 4 is 16.7 Å². The largest absolute Gasteiger partial charge is 0.378 e. The van der Waals surface area contributed by atoms with Gasteiger partial charge in [-0.15, -0.1) is 0 Å². The van der Waals surface area contributed by atoms with Crippen molar-refractivity contribution in [1.82, 2.24) is 10.2 Å². The molecule has 0 saturated carbocycles. The van der Waals surface area contributed by atoms with Crippen LogP contribution in [0.2, 0.25) is 0 Å². The van der Waals surface area contributed by atoms with Gasteiger partial charge in [0.05, 0.1) is 13.2 Å². The highest BCUT2D eigenvalue weighted by molar-refractivity contribution is 5.86. The summed E-state index contributed by atoms with van der Waals surface area (Å²) in [6.45, 7) is 2.61. The second kappa shape index (κ2) is 6.90. The zero-order valence-electron chi connectivity index (χ0n) is 12.9. The molecule has 1 amide bonds. The molecule has 0 spiro atoms. The van der Waals surface area contributed by atoms with Crippen LogP contribution in [0.15, 0.2) is 42.5 Å². The number of rotatable bonds is 4. The van der Waals surface area contributed by atoms with Gasteiger partial charge in [0.1, 0.15) is 6.04 Å². The summed E-state index contributed by atoms with van der Waals surface area (Å²) in [6.07, 6.45) is 0.858. The minimum atomic E-state index is -0.203. The molecule has 0 aliphatic carbocycles. The van der Waals surface area contributed by atoms with Crippen molar-refractivity contribution in [2.45, 2.75) is 12.5 Å². The number of hydrogen-bond acceptors (Lipinski definition) is 3. The van der Waals surface area contributed by atoms with Crippen LogP contribution in [0.4, 0.5) is 0 Å². The molecule has 1 unspecified atom stereocenters. The third-order valence-corrected chi connectivity index (χ3v) is 4.19. The van der Waals surface area contributed by atoms with Crippen LogP contribution in [0.5, 0.6) is 0 Å². The number of ether oxygens (including phenoxy) is 1. The highest BCUT2D eigenvalue weighted by Gasteiger charge is 2.24. The number of nitrogens with zero attached hydrogens (tertiary/aromatic N) is 1. The Balaban J connectivity index is 1.64. The molecule has 3 rings (SSSR count). The van der Waals surface area contributed by atoms with Gasteiger partial charge in [-0.05, 0) is 22.8 Å². The molecule has 0 bridgehead atoms. The Kier molecular flexibility index (Phi) is 4.71. The molecule has 1 aliphatic heterocycles. The smallest absolute Gasteiger partial charge is 0.241 e. The van der Waals surface area contributed by atoms with Gasteiger partial charge in [0, 0.05) is 20.1 Å². The summed E-state index contributed by atoms with van der Waals surface area (Å²) in [6, 6.07) is 14.5. The summed E-state index contributed by atoms with van der Waals surface area (Å²) in [5.74, 6) is 0.111. The fourth-order valence-corrected chi connectivity index (χ4v) is 2.90. The number of morpholine rings is 1. The van der Waals surface area contributed by atoms with Crippen LogP contribution in [0.1, 0.15) is 5.56 Å². The maximum Gasteiger partial charge on any atom is 0.241 e. The summed E-state index contributed by atoms with van der Waals surface area (Å²) >= 11 is 0. The summed E-state index contributed by atoms with van der Waals surface area (Å²) in [5, 5.41) is 5.73. The summed E-state index contributed by atoms with van der Waals surface area (Å²) in [5.41, 5.74) is 1.28. The van der Waals surface area contributed by atoms with Crippen molar-refractivity contribution in [3.63, 3.8) is 0 Å². The van der Waals surface area contributed by atoms with Crippen LogP contribution in [0.3, 0.4) is 0 Å². The van der Waals surface area contributed by atoms with Crippen LogP contribution >= 0.6 is 0 Å². The number of fused-ring (bicyclic) bond motifs is 1. The zero-order chi connectivity index (χ0) is 15.4. The lowest BCUT2D eigenvalue weighted by Crippen LogP contribution is -2.51. The quantitative estimate of drug-likeness (QED) is 0.936. The molecule has 4 heteroatoms. The number of carbonyl (C=O) groups excluding carboxylic acids is 1. The van der Waals surface area contributed by atoms with Crippen molar-refractivity contribution in [2.24, 2.45) is 0 Å². The molecule has 4 nitrogen and oxygen atoms in total. The molecule has 0 aromatic heterocycles. The van der Waals surface area contributed by atoms with Gasteiger partial charge in [-0.2, -0.15) is 0 Å². The van der Waals surface area contributed by atoms with Crippen molar-refractivity contribution in [3.8, 4) is 0 Å². The zero-order valence-corrected chi connectivity index (χ0v) is 12.9. The number of benzene rings is 2. The van der Waals surface area contributed by atoms with E-state index >= 15 is 0 Å². The monoisotopic (exact) mass is 298 g/mol. The molecule has 1 fully saturated rings. The lowest BCUT2D eigenvalue weighted by molar-refractivity contribution is -0.135. The second-order valence-corrected chi connectivity index (χ2v) is 5.73. The van der Waals surface area contributed by atoms with Crippen LogP contribution in [0.25, 0.3) is 10.8 Å². The van der Waals surface area contributed by atoms with E-state index in [2.05, 4.69) is 47.8 Å². The van der Waals surface area contributed by atoms with Gasteiger partial charge in [0.2, 0.25) is 5.91 Å². The fourth-order valence-electron chi connectivity index (χ4n) is 2.90. The average Bonchev–Trinajstić information content (AvgIpc) is 2.59. The van der Waals surface area contributed by atoms with E-state index in [-0.39, 0.29) is 11.9 Å². The molecule has 2 aromatic rings. The van der Waals surface area contributed by atoms with E-state index in [9.17, 15) is 4.79 Å². The fraction of sp³-hybridized carbons (Fsp3) is 0.389. The molecule has 116 valence electrons. The Hall–Kier alpha value is -1.91. The lowest BCUT2D eigenvalue weighted by atomic mass is 10.0. The Labute approximate surface area is 131 Å². The Bertz CT molecular complexity index is 645. The first-order valence-electron chi connectivity index (χ1n) is 7.78. The van der Waals surface area contributed by atoms with Gasteiger partial charge >= 0.3 is 0 Å². The van der Waals surface area contributed by atoms with E-state index in [1.807, 2.05) is 7.05 Å². The van der Waals surface area contributed by atoms with E-state index in [0.717, 1.165) is 13.0 Å². The van der Waals surface area contributed by atoms with E-state index in [1.165, 1.54) is 16.3 Å². The average molecular weight is 298 g/mol. The molecule has 22 heavy (non-hydrogen) atoms. The molecule has 1 saturated heterocycles. The molecule has 2 aromatic carbocycles. The van der Waals surface area contributed by atoms with Gasteiger partial charge in [-0.1, -0.05) is 42.5 Å². The van der Waals surface area contributed by atoms with Gasteiger partial charge in [0.25, 0.3) is 0 Å². The van der Waals surface area contributed by atoms with E-state index in [4.69, 9.17) is 4.74 Å². The number of amides is 1. The van der Waals surface area contributed by atoms with Crippen molar-refractivity contribution in [3.05, 3.63) is 48.0 Å². The third kappa shape index (κ3) is 3.29. The minimum Gasteiger partial charge on any atom is -0.378 e. The van der Waals surface area contributed by atoms with Gasteiger partial charge in [-0.25, -0.2) is 0 Å². The number of nitrogens with one attached hydrogen (secondary N) is 1. The first kappa shape index (κ1) is 15.0. The van der Waals surface area contributed by atoms with Crippen molar-refractivity contribution < 1.29 is 9.53 Å². The minimum absolute atomic E-state index is 0.111. The topological polar surface area (TPSA) is 41.6 Å². The SMILES string of the molecule is CN(CCc1cccc2ccccc12)C(=O)C1COCCN1. The predicted molar refractivity (Wildman–Crippen MR) is 87.9 cm³/mol. The molecule has 1 atom stereocenters. The third-order valence-electron chi connectivity index (χ3n) is 4.19. The normalized spacial score (nSPS) is 18.3. The lowest BCUT2D eigenvalue weighted by Gasteiger charge is -2.27. The molecular formula is C18H22N2O2. The number of hydrogen-bond donors (Lipinski definition) is 1. The van der Waals surface area contributed by atoms with Crippen LogP contribution in [-0.2, 0) is 16.0 Å². The van der Waals surface area contributed by atoms with E-state index in [0.29, 0.717) is 19.8 Å². The number of likely N-dealkylation sites (N-methyl/N-ethyl adjacent to an activating group) is 1. The predicted octanol–water partition coefficient (Wildman–Crippen LogP) is 1.83. The molecule has 0 radical (unpaired) electrons. The Morgan fingerprint density at radius 2 is 2.09 bits per heavy atom. The van der Waals surface area contributed by atoms with Gasteiger partial charge < -0.3 is 15.0 Å². The van der Waals surface area contributed by atoms with Crippen molar-refractivity contribution in [2.75, 3.05) is 33.4 Å². The van der Waals surface area contributed by atoms with Crippen LogP contribution < -0.4 is 5.32 Å².